The Kier molecular flexibility index (Phi) is 17.6. The zero-order valence-electron chi connectivity index (χ0n) is 34.2. The summed E-state index contributed by atoms with van der Waals surface area (Å²) in [6.07, 6.45) is 15.9. The molecule has 2 unspecified atom stereocenters. The third-order valence-electron chi connectivity index (χ3n) is 14.4. The molecule has 6 N–H and O–H groups in total. The minimum Gasteiger partial charge on any atom is -0.466 e. The average molecular weight is 762 g/mol. The van der Waals surface area contributed by atoms with Gasteiger partial charge in [-0.2, -0.15) is 0 Å². The Balaban J connectivity index is 1.50. The molecule has 0 aliphatic heterocycles. The number of carbonyl (C=O) groups excluding carboxylic acids is 4. The van der Waals surface area contributed by atoms with E-state index in [1.165, 1.54) is 38.5 Å². The van der Waals surface area contributed by atoms with Crippen LogP contribution in [0.25, 0.3) is 0 Å². The van der Waals surface area contributed by atoms with Gasteiger partial charge < -0.3 is 36.1 Å². The SMILES string of the molecule is CCCCCCCCCCOC(=O)CCC(C)C1CC[C@H]2[C@@H]3[C@H](OC(=O)CCN)C[C@@H]4C[C@H](OC(=O)CCN)CC[C@]4(C)[C@H]3C[C@H](OC(=O)CCN)[C@]12C. The van der Waals surface area contributed by atoms with Gasteiger partial charge in [0.2, 0.25) is 0 Å². The first kappa shape index (κ1) is 44.5. The van der Waals surface area contributed by atoms with Crippen LogP contribution in [0.3, 0.4) is 0 Å². The standard InChI is InChI=1S/C43H75N3O8/c1-5-6-7-8-9-10-11-12-25-51-37(47)16-13-29(2)32-14-15-33-41-34(28-36(43(32,33)4)54-40(50)20-24-46)42(3)21-17-31(52-38(48)18-22-44)26-30(42)27-35(41)53-39(49)19-23-45/h29-36,41H,5-28,44-46H2,1-4H3/t29?,30-,31+,32?,33-,34-,35+,36-,41-,42-,43+/m0/s1. The Morgan fingerprint density at radius 2 is 1.30 bits per heavy atom. The van der Waals surface area contributed by atoms with Gasteiger partial charge in [0.15, 0.2) is 0 Å². The predicted octanol–water partition coefficient (Wildman–Crippen LogP) is 6.75. The molecule has 4 rings (SSSR count). The average Bonchev–Trinajstić information content (AvgIpc) is 3.49. The van der Waals surface area contributed by atoms with Crippen molar-refractivity contribution in [2.45, 2.75) is 174 Å². The van der Waals surface area contributed by atoms with E-state index < -0.39 is 0 Å². The van der Waals surface area contributed by atoms with Crippen LogP contribution in [0.4, 0.5) is 0 Å². The zero-order chi connectivity index (χ0) is 39.3. The smallest absolute Gasteiger partial charge is 0.307 e. The molecule has 0 bridgehead atoms. The maximum Gasteiger partial charge on any atom is 0.307 e. The van der Waals surface area contributed by atoms with Crippen LogP contribution in [0, 0.1) is 46.3 Å². The molecule has 0 heterocycles. The summed E-state index contributed by atoms with van der Waals surface area (Å²) in [5.41, 5.74) is 16.8. The molecular formula is C43H75N3O8. The minimum atomic E-state index is -0.372. The van der Waals surface area contributed by atoms with Crippen LogP contribution >= 0.6 is 0 Å². The summed E-state index contributed by atoms with van der Waals surface area (Å²) in [5, 5.41) is 0. The van der Waals surface area contributed by atoms with Crippen molar-refractivity contribution >= 4 is 23.9 Å². The van der Waals surface area contributed by atoms with Crippen LogP contribution in [0.15, 0.2) is 0 Å². The number of nitrogens with two attached hydrogens (primary N) is 3. The second-order valence-electron chi connectivity index (χ2n) is 17.7. The number of esters is 4. The number of carbonyl (C=O) groups is 4. The quantitative estimate of drug-likeness (QED) is 0.0603. The van der Waals surface area contributed by atoms with E-state index in [-0.39, 0.29) is 127 Å². The second-order valence-corrected chi connectivity index (χ2v) is 17.7. The van der Waals surface area contributed by atoms with Crippen LogP contribution in [0.2, 0.25) is 0 Å². The molecule has 54 heavy (non-hydrogen) atoms. The molecule has 4 fully saturated rings. The van der Waals surface area contributed by atoms with E-state index in [1.807, 2.05) is 0 Å². The van der Waals surface area contributed by atoms with E-state index in [1.54, 1.807) is 0 Å². The first-order chi connectivity index (χ1) is 25.9. The fourth-order valence-electron chi connectivity index (χ4n) is 11.6. The molecule has 0 saturated heterocycles. The van der Waals surface area contributed by atoms with Crippen LogP contribution < -0.4 is 17.2 Å². The van der Waals surface area contributed by atoms with E-state index in [0.717, 1.165) is 38.5 Å². The fourth-order valence-corrected chi connectivity index (χ4v) is 11.6. The van der Waals surface area contributed by atoms with Crippen molar-refractivity contribution in [3.8, 4) is 0 Å². The third-order valence-corrected chi connectivity index (χ3v) is 14.4. The maximum absolute atomic E-state index is 13.3. The molecule has 4 aliphatic rings. The van der Waals surface area contributed by atoms with Crippen LogP contribution in [0.1, 0.15) is 156 Å². The van der Waals surface area contributed by atoms with Crippen molar-refractivity contribution < 1.29 is 38.1 Å². The fraction of sp³-hybridized carbons (Fsp3) is 0.907. The van der Waals surface area contributed by atoms with Gasteiger partial charge in [-0.25, -0.2) is 0 Å². The number of unbranched alkanes of at least 4 members (excludes halogenated alkanes) is 7. The highest BCUT2D eigenvalue weighted by Crippen LogP contribution is 2.69. The Morgan fingerprint density at radius 3 is 1.94 bits per heavy atom. The highest BCUT2D eigenvalue weighted by molar-refractivity contribution is 5.71. The maximum atomic E-state index is 13.3. The van der Waals surface area contributed by atoms with Gasteiger partial charge in [0, 0.05) is 37.4 Å². The molecule has 0 spiro atoms. The Bertz CT molecular complexity index is 1220. The molecule has 11 nitrogen and oxygen atoms in total. The topological polar surface area (TPSA) is 183 Å². The van der Waals surface area contributed by atoms with Crippen LogP contribution in [-0.4, -0.2) is 68.4 Å². The molecule has 0 radical (unpaired) electrons. The van der Waals surface area contributed by atoms with Gasteiger partial charge in [-0.05, 0) is 92.8 Å². The van der Waals surface area contributed by atoms with Gasteiger partial charge in [0.25, 0.3) is 0 Å². The van der Waals surface area contributed by atoms with Crippen molar-refractivity contribution in [3.05, 3.63) is 0 Å². The van der Waals surface area contributed by atoms with Crippen molar-refractivity contribution in [2.24, 2.45) is 63.5 Å². The summed E-state index contributed by atoms with van der Waals surface area (Å²) in [5.74, 6) is -0.000836. The van der Waals surface area contributed by atoms with Gasteiger partial charge in [-0.3, -0.25) is 19.2 Å². The van der Waals surface area contributed by atoms with Gasteiger partial charge >= 0.3 is 23.9 Å². The number of hydrogen-bond donors (Lipinski definition) is 3. The number of fused-ring (bicyclic) bond motifs is 5. The monoisotopic (exact) mass is 762 g/mol. The summed E-state index contributed by atoms with van der Waals surface area (Å²) >= 11 is 0. The van der Waals surface area contributed by atoms with Crippen molar-refractivity contribution in [3.63, 3.8) is 0 Å². The summed E-state index contributed by atoms with van der Waals surface area (Å²) in [6, 6.07) is 0. The molecule has 0 aromatic rings. The first-order valence-electron chi connectivity index (χ1n) is 21.8. The molecule has 0 aromatic heterocycles. The normalized spacial score (nSPS) is 33.5. The third kappa shape index (κ3) is 11.0. The van der Waals surface area contributed by atoms with E-state index in [0.29, 0.717) is 38.7 Å². The molecule has 11 heteroatoms. The highest BCUT2D eigenvalue weighted by Gasteiger charge is 2.67. The minimum absolute atomic E-state index is 0.0904. The highest BCUT2D eigenvalue weighted by atomic mass is 16.6. The molecule has 310 valence electrons. The molecule has 0 aromatic carbocycles. The lowest BCUT2D eigenvalue weighted by atomic mass is 9.43. The number of ether oxygens (including phenoxy) is 4. The van der Waals surface area contributed by atoms with Crippen molar-refractivity contribution in [2.75, 3.05) is 26.2 Å². The molecule has 0 amide bonds. The van der Waals surface area contributed by atoms with Gasteiger partial charge in [0.05, 0.1) is 25.9 Å². The largest absolute Gasteiger partial charge is 0.466 e. The molecule has 4 saturated carbocycles. The number of rotatable bonds is 22. The Morgan fingerprint density at radius 1 is 0.685 bits per heavy atom. The van der Waals surface area contributed by atoms with Crippen LogP contribution in [0.5, 0.6) is 0 Å². The van der Waals surface area contributed by atoms with Gasteiger partial charge in [-0.1, -0.05) is 72.6 Å². The van der Waals surface area contributed by atoms with Crippen molar-refractivity contribution in [1.82, 2.24) is 0 Å². The molecule has 11 atom stereocenters. The van der Waals surface area contributed by atoms with Crippen molar-refractivity contribution in [1.29, 1.82) is 0 Å². The zero-order valence-corrected chi connectivity index (χ0v) is 34.2. The van der Waals surface area contributed by atoms with E-state index >= 15 is 0 Å². The predicted molar refractivity (Wildman–Crippen MR) is 209 cm³/mol. The summed E-state index contributed by atoms with van der Waals surface area (Å²) in [4.78, 5) is 51.7. The van der Waals surface area contributed by atoms with E-state index in [9.17, 15) is 19.2 Å². The second kappa shape index (κ2) is 21.3. The number of hydrogen-bond acceptors (Lipinski definition) is 11. The Labute approximate surface area is 325 Å². The van der Waals surface area contributed by atoms with Gasteiger partial charge in [-0.15, -0.1) is 0 Å². The summed E-state index contributed by atoms with van der Waals surface area (Å²) < 4.78 is 24.4. The lowest BCUT2D eigenvalue weighted by Crippen LogP contribution is -2.63. The Hall–Kier alpha value is -2.24. The lowest BCUT2D eigenvalue weighted by Gasteiger charge is -2.64. The summed E-state index contributed by atoms with van der Waals surface area (Å²) in [7, 11) is 0. The van der Waals surface area contributed by atoms with E-state index in [4.69, 9.17) is 36.1 Å². The first-order valence-corrected chi connectivity index (χ1v) is 21.8. The molecular weight excluding hydrogens is 686 g/mol. The summed E-state index contributed by atoms with van der Waals surface area (Å²) in [6.45, 7) is 10.3. The lowest BCUT2D eigenvalue weighted by molar-refractivity contribution is -0.225. The van der Waals surface area contributed by atoms with E-state index in [2.05, 4.69) is 27.7 Å². The van der Waals surface area contributed by atoms with Gasteiger partial charge in [0.1, 0.15) is 18.3 Å². The molecule has 4 aliphatic carbocycles. The van der Waals surface area contributed by atoms with Crippen LogP contribution in [-0.2, 0) is 38.1 Å².